The molecule has 2 aromatic rings. The summed E-state index contributed by atoms with van der Waals surface area (Å²) in [5.41, 5.74) is 0.377. The third kappa shape index (κ3) is 3.46. The highest BCUT2D eigenvalue weighted by Crippen LogP contribution is 2.37. The minimum Gasteiger partial charge on any atom is -0.385 e. The molecule has 1 fully saturated rings. The molecule has 0 saturated carbocycles. The Bertz CT molecular complexity index is 768. The number of benzene rings is 1. The quantitative estimate of drug-likeness (QED) is 0.898. The zero-order valence-corrected chi connectivity index (χ0v) is 14.1. The lowest BCUT2D eigenvalue weighted by Crippen LogP contribution is -2.43. The summed E-state index contributed by atoms with van der Waals surface area (Å²) in [5, 5.41) is 19.0. The van der Waals surface area contributed by atoms with Crippen molar-refractivity contribution in [2.45, 2.75) is 38.5 Å². The molecular formula is C18H20F3N3O. The van der Waals surface area contributed by atoms with Crippen LogP contribution in [0.2, 0.25) is 0 Å². The predicted octanol–water partition coefficient (Wildman–Crippen LogP) is 3.60. The number of alkyl halides is 3. The maximum absolute atomic E-state index is 12.9. The van der Waals surface area contributed by atoms with Gasteiger partial charge in [-0.05, 0) is 55.5 Å². The molecule has 0 spiro atoms. The zero-order chi connectivity index (χ0) is 18.2. The Morgan fingerprint density at radius 1 is 1.16 bits per heavy atom. The number of nitrogens with zero attached hydrogens (tertiary/aromatic N) is 3. The number of halogens is 3. The third-order valence-corrected chi connectivity index (χ3v) is 4.95. The van der Waals surface area contributed by atoms with Gasteiger partial charge in [-0.15, -0.1) is 5.10 Å². The third-order valence-electron chi connectivity index (χ3n) is 4.95. The van der Waals surface area contributed by atoms with E-state index in [9.17, 15) is 18.3 Å². The van der Waals surface area contributed by atoms with Crippen molar-refractivity contribution in [1.82, 2.24) is 10.2 Å². The van der Waals surface area contributed by atoms with E-state index in [1.165, 1.54) is 6.07 Å². The van der Waals surface area contributed by atoms with Gasteiger partial charge in [0, 0.05) is 13.1 Å². The van der Waals surface area contributed by atoms with Crippen molar-refractivity contribution in [2.75, 3.05) is 18.0 Å². The first-order valence-corrected chi connectivity index (χ1v) is 8.15. The van der Waals surface area contributed by atoms with Crippen molar-refractivity contribution >= 4 is 5.82 Å². The summed E-state index contributed by atoms with van der Waals surface area (Å²) < 4.78 is 38.8. The SMILES string of the molecule is Cc1cnnc(N2CCC(O)(c3cccc(C(F)(F)F)c3)CC2)c1C. The number of rotatable bonds is 2. The Hall–Kier alpha value is -2.15. The van der Waals surface area contributed by atoms with Gasteiger partial charge in [0.15, 0.2) is 5.82 Å². The van der Waals surface area contributed by atoms with Gasteiger partial charge in [0.2, 0.25) is 0 Å². The number of anilines is 1. The Labute approximate surface area is 144 Å². The average molecular weight is 351 g/mol. The smallest absolute Gasteiger partial charge is 0.385 e. The van der Waals surface area contributed by atoms with Gasteiger partial charge in [-0.25, -0.2) is 0 Å². The monoisotopic (exact) mass is 351 g/mol. The number of piperidine rings is 1. The molecule has 0 bridgehead atoms. The lowest BCUT2D eigenvalue weighted by Gasteiger charge is -2.39. The molecule has 0 atom stereocenters. The van der Waals surface area contributed by atoms with Gasteiger partial charge in [-0.3, -0.25) is 0 Å². The second-order valence-electron chi connectivity index (χ2n) is 6.57. The highest BCUT2D eigenvalue weighted by atomic mass is 19.4. The molecule has 25 heavy (non-hydrogen) atoms. The Balaban J connectivity index is 1.80. The van der Waals surface area contributed by atoms with Gasteiger partial charge in [-0.2, -0.15) is 18.3 Å². The van der Waals surface area contributed by atoms with Crippen molar-refractivity contribution in [2.24, 2.45) is 0 Å². The number of aromatic nitrogens is 2. The standard InChI is InChI=1S/C18H20F3N3O/c1-12-11-22-23-16(13(12)2)24-8-6-17(25,7-9-24)14-4-3-5-15(10-14)18(19,20)21/h3-5,10-11,25H,6-9H2,1-2H3. The fourth-order valence-corrected chi connectivity index (χ4v) is 3.18. The summed E-state index contributed by atoms with van der Waals surface area (Å²) in [7, 11) is 0. The molecule has 0 amide bonds. The van der Waals surface area contributed by atoms with Crippen molar-refractivity contribution in [1.29, 1.82) is 0 Å². The first kappa shape index (κ1) is 17.7. The van der Waals surface area contributed by atoms with Crippen molar-refractivity contribution in [3.8, 4) is 0 Å². The number of aryl methyl sites for hydroxylation is 1. The van der Waals surface area contributed by atoms with E-state index in [0.717, 1.165) is 29.1 Å². The van der Waals surface area contributed by atoms with Crippen LogP contribution in [0.1, 0.15) is 35.1 Å². The summed E-state index contributed by atoms with van der Waals surface area (Å²) >= 11 is 0. The van der Waals surface area contributed by atoms with Crippen LogP contribution in [-0.4, -0.2) is 28.4 Å². The summed E-state index contributed by atoms with van der Waals surface area (Å²) in [5.74, 6) is 0.770. The molecule has 0 aliphatic carbocycles. The van der Waals surface area contributed by atoms with E-state index in [1.54, 1.807) is 12.3 Å². The number of aliphatic hydroxyl groups is 1. The van der Waals surface area contributed by atoms with Gasteiger partial charge < -0.3 is 10.0 Å². The van der Waals surface area contributed by atoms with E-state index in [4.69, 9.17) is 0 Å². The molecule has 0 radical (unpaired) electrons. The van der Waals surface area contributed by atoms with Gasteiger partial charge in [0.05, 0.1) is 17.4 Å². The van der Waals surface area contributed by atoms with Crippen LogP contribution >= 0.6 is 0 Å². The van der Waals surface area contributed by atoms with Crippen LogP contribution in [0, 0.1) is 13.8 Å². The lowest BCUT2D eigenvalue weighted by molar-refractivity contribution is -0.137. The van der Waals surface area contributed by atoms with E-state index >= 15 is 0 Å². The molecule has 7 heteroatoms. The lowest BCUT2D eigenvalue weighted by atomic mass is 9.83. The van der Waals surface area contributed by atoms with Crippen molar-refractivity contribution in [3.63, 3.8) is 0 Å². The van der Waals surface area contributed by atoms with Gasteiger partial charge in [-0.1, -0.05) is 12.1 Å². The Morgan fingerprint density at radius 2 is 1.84 bits per heavy atom. The molecule has 1 aliphatic rings. The number of hydrogen-bond donors (Lipinski definition) is 1. The second-order valence-corrected chi connectivity index (χ2v) is 6.57. The fourth-order valence-electron chi connectivity index (χ4n) is 3.18. The first-order valence-electron chi connectivity index (χ1n) is 8.15. The molecule has 1 aromatic heterocycles. The van der Waals surface area contributed by atoms with Crippen molar-refractivity contribution in [3.05, 3.63) is 52.7 Å². The highest BCUT2D eigenvalue weighted by Gasteiger charge is 2.37. The van der Waals surface area contributed by atoms with E-state index in [1.807, 2.05) is 18.7 Å². The maximum atomic E-state index is 12.9. The topological polar surface area (TPSA) is 49.2 Å². The molecule has 4 nitrogen and oxygen atoms in total. The van der Waals surface area contributed by atoms with Crippen molar-refractivity contribution < 1.29 is 18.3 Å². The van der Waals surface area contributed by atoms with Crippen LogP contribution in [-0.2, 0) is 11.8 Å². The highest BCUT2D eigenvalue weighted by molar-refractivity contribution is 5.49. The predicted molar refractivity (Wildman–Crippen MR) is 88.3 cm³/mol. The Morgan fingerprint density at radius 3 is 2.48 bits per heavy atom. The summed E-state index contributed by atoms with van der Waals surface area (Å²) in [6.45, 7) is 4.93. The Kier molecular flexibility index (Phi) is 4.45. The minimum absolute atomic E-state index is 0.314. The normalized spacial score (nSPS) is 17.6. The molecule has 1 aromatic carbocycles. The van der Waals surface area contributed by atoms with E-state index in [0.29, 0.717) is 31.5 Å². The molecule has 134 valence electrons. The molecule has 2 heterocycles. The van der Waals surface area contributed by atoms with Crippen LogP contribution in [0.4, 0.5) is 19.0 Å². The summed E-state index contributed by atoms with van der Waals surface area (Å²) in [6.07, 6.45) is -2.05. The summed E-state index contributed by atoms with van der Waals surface area (Å²) in [4.78, 5) is 2.03. The van der Waals surface area contributed by atoms with Crippen LogP contribution in [0.15, 0.2) is 30.5 Å². The molecule has 1 aliphatic heterocycles. The van der Waals surface area contributed by atoms with Gasteiger partial charge in [0.25, 0.3) is 0 Å². The number of hydrogen-bond acceptors (Lipinski definition) is 4. The summed E-state index contributed by atoms with van der Waals surface area (Å²) in [6, 6.07) is 4.97. The largest absolute Gasteiger partial charge is 0.416 e. The van der Waals surface area contributed by atoms with E-state index < -0.39 is 17.3 Å². The van der Waals surface area contributed by atoms with Gasteiger partial charge in [0.1, 0.15) is 0 Å². The van der Waals surface area contributed by atoms with Crippen LogP contribution in [0.3, 0.4) is 0 Å². The van der Waals surface area contributed by atoms with Crippen LogP contribution in [0.5, 0.6) is 0 Å². The molecule has 0 unspecified atom stereocenters. The first-order chi connectivity index (χ1) is 11.7. The fraction of sp³-hybridized carbons (Fsp3) is 0.444. The van der Waals surface area contributed by atoms with Gasteiger partial charge >= 0.3 is 6.18 Å². The molecule has 1 saturated heterocycles. The second kappa shape index (κ2) is 6.29. The maximum Gasteiger partial charge on any atom is 0.416 e. The van der Waals surface area contributed by atoms with E-state index in [2.05, 4.69) is 10.2 Å². The minimum atomic E-state index is -4.42. The molecular weight excluding hydrogens is 331 g/mol. The van der Waals surface area contributed by atoms with Crippen LogP contribution in [0.25, 0.3) is 0 Å². The average Bonchev–Trinajstić information content (AvgIpc) is 2.58. The molecule has 3 rings (SSSR count). The molecule has 1 N–H and O–H groups in total. The van der Waals surface area contributed by atoms with Crippen LogP contribution < -0.4 is 4.90 Å². The zero-order valence-electron chi connectivity index (χ0n) is 14.1. The van der Waals surface area contributed by atoms with E-state index in [-0.39, 0.29) is 0 Å².